The zero-order valence-electron chi connectivity index (χ0n) is 13.4. The van der Waals surface area contributed by atoms with E-state index in [1.807, 2.05) is 0 Å². The van der Waals surface area contributed by atoms with E-state index in [2.05, 4.69) is 10.4 Å². The maximum atomic E-state index is 12.6. The summed E-state index contributed by atoms with van der Waals surface area (Å²) in [4.78, 5) is 22.6. The standard InChI is InChI=1S/C12H25N2O7P/c1-7(2)20-22(19,21-8(3)4)14-10(6-15)11(16)13-9(5)12(17)18/h7-10,15H,6H2,1-5H3,(H,13,16)(H,14,19)(H,17,18)/t9-,10-/m0/s1. The summed E-state index contributed by atoms with van der Waals surface area (Å²) >= 11 is 0. The topological polar surface area (TPSA) is 134 Å². The highest BCUT2D eigenvalue weighted by Crippen LogP contribution is 2.46. The zero-order valence-corrected chi connectivity index (χ0v) is 14.3. The fourth-order valence-electron chi connectivity index (χ4n) is 1.39. The Labute approximate surface area is 130 Å². The van der Waals surface area contributed by atoms with Crippen LogP contribution in [0.5, 0.6) is 0 Å². The third-order valence-electron chi connectivity index (χ3n) is 2.24. The Kier molecular flexibility index (Phi) is 8.80. The molecule has 0 aliphatic rings. The van der Waals surface area contributed by atoms with E-state index in [1.54, 1.807) is 27.7 Å². The Balaban J connectivity index is 5.01. The molecule has 2 atom stereocenters. The van der Waals surface area contributed by atoms with Crippen LogP contribution in [0.15, 0.2) is 0 Å². The van der Waals surface area contributed by atoms with E-state index in [0.717, 1.165) is 0 Å². The summed E-state index contributed by atoms with van der Waals surface area (Å²) in [5.41, 5.74) is 0. The Morgan fingerprint density at radius 1 is 1.09 bits per heavy atom. The molecule has 0 aliphatic heterocycles. The molecule has 0 saturated heterocycles. The molecule has 0 heterocycles. The number of carboxylic acids is 1. The van der Waals surface area contributed by atoms with Gasteiger partial charge in [-0.25, -0.2) is 9.65 Å². The highest BCUT2D eigenvalue weighted by Gasteiger charge is 2.34. The lowest BCUT2D eigenvalue weighted by Crippen LogP contribution is -2.50. The number of aliphatic hydroxyl groups is 1. The van der Waals surface area contributed by atoms with Crippen LogP contribution in [0, 0.1) is 0 Å². The summed E-state index contributed by atoms with van der Waals surface area (Å²) in [6.45, 7) is 7.11. The maximum Gasteiger partial charge on any atom is 0.406 e. The van der Waals surface area contributed by atoms with Crippen molar-refractivity contribution in [2.24, 2.45) is 0 Å². The van der Waals surface area contributed by atoms with Gasteiger partial charge >= 0.3 is 13.7 Å². The van der Waals surface area contributed by atoms with Gasteiger partial charge in [0, 0.05) is 0 Å². The van der Waals surface area contributed by atoms with Crippen LogP contribution in [0.2, 0.25) is 0 Å². The molecular weight excluding hydrogens is 315 g/mol. The van der Waals surface area contributed by atoms with Gasteiger partial charge in [-0.05, 0) is 34.6 Å². The highest BCUT2D eigenvalue weighted by molar-refractivity contribution is 7.51. The predicted octanol–water partition coefficient (Wildman–Crippen LogP) is 0.484. The van der Waals surface area contributed by atoms with Crippen molar-refractivity contribution in [2.45, 2.75) is 58.9 Å². The van der Waals surface area contributed by atoms with Crippen molar-refractivity contribution in [3.63, 3.8) is 0 Å². The van der Waals surface area contributed by atoms with Crippen LogP contribution in [-0.2, 0) is 23.2 Å². The van der Waals surface area contributed by atoms with Crippen LogP contribution in [0.1, 0.15) is 34.6 Å². The van der Waals surface area contributed by atoms with Gasteiger partial charge in [-0.2, -0.15) is 0 Å². The average Bonchev–Trinajstić information content (AvgIpc) is 2.33. The molecule has 4 N–H and O–H groups in total. The monoisotopic (exact) mass is 340 g/mol. The molecule has 0 saturated carbocycles. The lowest BCUT2D eigenvalue weighted by atomic mass is 10.2. The van der Waals surface area contributed by atoms with Gasteiger partial charge in [0.2, 0.25) is 5.91 Å². The van der Waals surface area contributed by atoms with E-state index >= 15 is 0 Å². The molecule has 0 spiro atoms. The molecule has 0 aromatic heterocycles. The first kappa shape index (κ1) is 21.0. The molecule has 0 aliphatic carbocycles. The summed E-state index contributed by atoms with van der Waals surface area (Å²) in [6.07, 6.45) is -0.894. The number of carbonyl (C=O) groups is 2. The van der Waals surface area contributed by atoms with E-state index in [4.69, 9.17) is 14.2 Å². The molecule has 10 heteroatoms. The van der Waals surface area contributed by atoms with Crippen LogP contribution >= 0.6 is 7.75 Å². The molecule has 0 aromatic carbocycles. The van der Waals surface area contributed by atoms with Crippen molar-refractivity contribution in [2.75, 3.05) is 6.61 Å². The van der Waals surface area contributed by atoms with Crippen LogP contribution < -0.4 is 10.4 Å². The normalized spacial score (nSPS) is 14.9. The molecule has 0 aromatic rings. The maximum absolute atomic E-state index is 12.6. The minimum absolute atomic E-state index is 0.447. The first-order valence-electron chi connectivity index (χ1n) is 6.89. The van der Waals surface area contributed by atoms with E-state index in [9.17, 15) is 19.3 Å². The fourth-order valence-corrected chi connectivity index (χ4v) is 3.25. The lowest BCUT2D eigenvalue weighted by Gasteiger charge is -2.26. The van der Waals surface area contributed by atoms with Crippen molar-refractivity contribution in [3.8, 4) is 0 Å². The van der Waals surface area contributed by atoms with Crippen molar-refractivity contribution in [3.05, 3.63) is 0 Å². The number of hydrogen-bond acceptors (Lipinski definition) is 6. The molecule has 0 fully saturated rings. The summed E-state index contributed by atoms with van der Waals surface area (Å²) in [6, 6.07) is -2.48. The molecule has 0 unspecified atom stereocenters. The third-order valence-corrected chi connectivity index (χ3v) is 4.27. The first-order chi connectivity index (χ1) is 10.0. The molecule has 22 heavy (non-hydrogen) atoms. The first-order valence-corrected chi connectivity index (χ1v) is 8.43. The molecule has 130 valence electrons. The van der Waals surface area contributed by atoms with Crippen molar-refractivity contribution in [1.29, 1.82) is 0 Å². The van der Waals surface area contributed by atoms with Crippen LogP contribution in [0.3, 0.4) is 0 Å². The largest absolute Gasteiger partial charge is 0.480 e. The van der Waals surface area contributed by atoms with Gasteiger partial charge in [-0.1, -0.05) is 0 Å². The minimum Gasteiger partial charge on any atom is -0.480 e. The minimum atomic E-state index is -3.84. The number of carboxylic acid groups (broad SMARTS) is 1. The van der Waals surface area contributed by atoms with Gasteiger partial charge < -0.3 is 15.5 Å². The summed E-state index contributed by atoms with van der Waals surface area (Å²) < 4.78 is 23.0. The summed E-state index contributed by atoms with van der Waals surface area (Å²) in [7, 11) is -3.84. The highest BCUT2D eigenvalue weighted by atomic mass is 31.2. The van der Waals surface area contributed by atoms with Crippen LogP contribution in [-0.4, -0.2) is 53.0 Å². The second-order valence-electron chi connectivity index (χ2n) is 5.24. The Hall–Kier alpha value is -0.990. The molecule has 9 nitrogen and oxygen atoms in total. The van der Waals surface area contributed by atoms with Crippen molar-refractivity contribution in [1.82, 2.24) is 10.4 Å². The van der Waals surface area contributed by atoms with Crippen LogP contribution in [0.4, 0.5) is 0 Å². The summed E-state index contributed by atoms with van der Waals surface area (Å²) in [5.74, 6) is -2.05. The van der Waals surface area contributed by atoms with Gasteiger partial charge in [0.1, 0.15) is 12.1 Å². The number of rotatable bonds is 10. The zero-order chi connectivity index (χ0) is 17.5. The van der Waals surface area contributed by atoms with Crippen LogP contribution in [0.25, 0.3) is 0 Å². The molecule has 0 bridgehead atoms. The summed E-state index contributed by atoms with van der Waals surface area (Å²) in [5, 5.41) is 22.5. The van der Waals surface area contributed by atoms with E-state index < -0.39 is 50.5 Å². The average molecular weight is 340 g/mol. The van der Waals surface area contributed by atoms with E-state index in [0.29, 0.717) is 0 Å². The van der Waals surface area contributed by atoms with Gasteiger partial charge in [0.05, 0.1) is 18.8 Å². The number of aliphatic hydroxyl groups excluding tert-OH is 1. The number of carbonyl (C=O) groups excluding carboxylic acids is 1. The van der Waals surface area contributed by atoms with Gasteiger partial charge in [0.25, 0.3) is 0 Å². The number of hydrogen-bond donors (Lipinski definition) is 4. The van der Waals surface area contributed by atoms with E-state index in [-0.39, 0.29) is 0 Å². The smallest absolute Gasteiger partial charge is 0.406 e. The van der Waals surface area contributed by atoms with Gasteiger partial charge in [0.15, 0.2) is 0 Å². The Morgan fingerprint density at radius 2 is 1.55 bits per heavy atom. The second-order valence-corrected chi connectivity index (χ2v) is 6.91. The SMILES string of the molecule is CC(C)OP(=O)(N[C@@H](CO)C(=O)N[C@@H](C)C(=O)O)OC(C)C. The Morgan fingerprint density at radius 3 is 1.86 bits per heavy atom. The predicted molar refractivity (Wildman–Crippen MR) is 79.3 cm³/mol. The van der Waals surface area contributed by atoms with Gasteiger partial charge in [-0.15, -0.1) is 0 Å². The molecule has 0 rings (SSSR count). The fraction of sp³-hybridized carbons (Fsp3) is 0.833. The molecule has 1 amide bonds. The third kappa shape index (κ3) is 7.86. The van der Waals surface area contributed by atoms with Gasteiger partial charge in [-0.3, -0.25) is 18.6 Å². The Bertz CT molecular complexity index is 414. The van der Waals surface area contributed by atoms with E-state index in [1.165, 1.54) is 6.92 Å². The number of aliphatic carboxylic acids is 1. The quantitative estimate of drug-likeness (QED) is 0.422. The molecular formula is C12H25N2O7P. The van der Waals surface area contributed by atoms with Crippen molar-refractivity contribution < 1.29 is 33.4 Å². The lowest BCUT2D eigenvalue weighted by molar-refractivity contribution is -0.141. The molecule has 0 radical (unpaired) electrons. The second kappa shape index (κ2) is 9.22. The van der Waals surface area contributed by atoms with Crippen molar-refractivity contribution >= 4 is 19.6 Å². The number of nitrogens with one attached hydrogen (secondary N) is 2. The number of amides is 1.